The summed E-state index contributed by atoms with van der Waals surface area (Å²) in [6.45, 7) is 4.46. The number of nitrogens with zero attached hydrogens (tertiary/aromatic N) is 2. The standard InChI is InChI=1S/C22H23FN2O4/c1-15-12-18-20(29-15)13-19(25(18)14-16-4-2-3-5-17(16)23)21(26)24-8-6-22(7-9-24)27-10-11-28-22/h2-5,12-13H,6-11,14H2,1H3. The van der Waals surface area contributed by atoms with Crippen molar-refractivity contribution in [2.24, 2.45) is 0 Å². The number of furan rings is 1. The first-order chi connectivity index (χ1) is 14.0. The highest BCUT2D eigenvalue weighted by atomic mass is 19.1. The number of hydrogen-bond donors (Lipinski definition) is 0. The minimum Gasteiger partial charge on any atom is -0.460 e. The minimum absolute atomic E-state index is 0.0850. The van der Waals surface area contributed by atoms with Crippen molar-refractivity contribution in [3.05, 3.63) is 59.2 Å². The van der Waals surface area contributed by atoms with Gasteiger partial charge in [0.2, 0.25) is 0 Å². The molecule has 29 heavy (non-hydrogen) atoms. The lowest BCUT2D eigenvalue weighted by atomic mass is 10.0. The van der Waals surface area contributed by atoms with Gasteiger partial charge in [0, 0.05) is 43.6 Å². The molecule has 4 heterocycles. The molecule has 0 atom stereocenters. The highest BCUT2D eigenvalue weighted by Crippen LogP contribution is 2.33. The number of ether oxygens (including phenoxy) is 2. The van der Waals surface area contributed by atoms with Crippen molar-refractivity contribution in [3.8, 4) is 0 Å². The summed E-state index contributed by atoms with van der Waals surface area (Å²) in [4.78, 5) is 15.2. The summed E-state index contributed by atoms with van der Waals surface area (Å²) in [6, 6.07) is 10.3. The lowest BCUT2D eigenvalue weighted by Gasteiger charge is -2.37. The fourth-order valence-corrected chi connectivity index (χ4v) is 4.31. The van der Waals surface area contributed by atoms with E-state index in [0.717, 1.165) is 11.3 Å². The Morgan fingerprint density at radius 2 is 1.86 bits per heavy atom. The van der Waals surface area contributed by atoms with Gasteiger partial charge in [-0.15, -0.1) is 0 Å². The van der Waals surface area contributed by atoms with E-state index in [4.69, 9.17) is 13.9 Å². The van der Waals surface area contributed by atoms with E-state index in [1.165, 1.54) is 6.07 Å². The molecule has 0 N–H and O–H groups in total. The fourth-order valence-electron chi connectivity index (χ4n) is 4.31. The number of carbonyl (C=O) groups excluding carboxylic acids is 1. The molecule has 7 heteroatoms. The third-order valence-electron chi connectivity index (χ3n) is 5.84. The molecule has 0 radical (unpaired) electrons. The summed E-state index contributed by atoms with van der Waals surface area (Å²) in [5.74, 6) is -0.148. The third-order valence-corrected chi connectivity index (χ3v) is 5.84. The normalized spacial score (nSPS) is 18.8. The Bertz CT molecular complexity index is 1050. The molecule has 0 aliphatic carbocycles. The first kappa shape index (κ1) is 18.4. The number of carbonyl (C=O) groups is 1. The second kappa shape index (κ2) is 7.00. The lowest BCUT2D eigenvalue weighted by molar-refractivity contribution is -0.181. The number of rotatable bonds is 3. The smallest absolute Gasteiger partial charge is 0.270 e. The SMILES string of the molecule is Cc1cc2c(cc(C(=O)N3CCC4(CC3)OCCO4)n2Cc2ccccc2F)o1. The summed E-state index contributed by atoms with van der Waals surface area (Å²) in [6.07, 6.45) is 1.31. The Labute approximate surface area is 167 Å². The molecular formula is C22H23FN2O4. The molecule has 5 rings (SSSR count). The Kier molecular flexibility index (Phi) is 4.44. The van der Waals surface area contributed by atoms with Crippen molar-refractivity contribution < 1.29 is 23.1 Å². The van der Waals surface area contributed by atoms with Crippen molar-refractivity contribution in [1.29, 1.82) is 0 Å². The van der Waals surface area contributed by atoms with Crippen LogP contribution in [-0.2, 0) is 16.0 Å². The maximum atomic E-state index is 14.3. The number of amides is 1. The van der Waals surface area contributed by atoms with Gasteiger partial charge in [0.15, 0.2) is 11.4 Å². The van der Waals surface area contributed by atoms with Crippen LogP contribution < -0.4 is 0 Å². The lowest BCUT2D eigenvalue weighted by Crippen LogP contribution is -2.47. The maximum absolute atomic E-state index is 14.3. The molecule has 0 saturated carbocycles. The Morgan fingerprint density at radius 3 is 2.59 bits per heavy atom. The zero-order chi connectivity index (χ0) is 20.0. The summed E-state index contributed by atoms with van der Waals surface area (Å²) in [5.41, 5.74) is 2.47. The number of halogens is 1. The van der Waals surface area contributed by atoms with Gasteiger partial charge in [0.1, 0.15) is 17.3 Å². The van der Waals surface area contributed by atoms with Crippen molar-refractivity contribution >= 4 is 17.0 Å². The van der Waals surface area contributed by atoms with Crippen molar-refractivity contribution in [2.45, 2.75) is 32.1 Å². The first-order valence-electron chi connectivity index (χ1n) is 9.95. The molecular weight excluding hydrogens is 375 g/mol. The molecule has 2 saturated heterocycles. The van der Waals surface area contributed by atoms with Gasteiger partial charge in [-0.3, -0.25) is 4.79 Å². The van der Waals surface area contributed by atoms with Gasteiger partial charge in [-0.05, 0) is 13.0 Å². The molecule has 0 unspecified atom stereocenters. The molecule has 152 valence electrons. The highest BCUT2D eigenvalue weighted by Gasteiger charge is 2.41. The third kappa shape index (κ3) is 3.24. The Morgan fingerprint density at radius 1 is 1.14 bits per heavy atom. The first-order valence-corrected chi connectivity index (χ1v) is 9.95. The fraction of sp³-hybridized carbons (Fsp3) is 0.409. The molecule has 6 nitrogen and oxygen atoms in total. The average molecular weight is 398 g/mol. The number of likely N-dealkylation sites (tertiary alicyclic amines) is 1. The van der Waals surface area contributed by atoms with E-state index in [9.17, 15) is 9.18 Å². The topological polar surface area (TPSA) is 56.8 Å². The van der Waals surface area contributed by atoms with Crippen LogP contribution in [0.15, 0.2) is 40.8 Å². The highest BCUT2D eigenvalue weighted by molar-refractivity contribution is 5.97. The van der Waals surface area contributed by atoms with Gasteiger partial charge < -0.3 is 23.4 Å². The Balaban J connectivity index is 1.45. The van der Waals surface area contributed by atoms with Gasteiger partial charge in [-0.2, -0.15) is 0 Å². The van der Waals surface area contributed by atoms with Crippen LogP contribution in [0, 0.1) is 12.7 Å². The van der Waals surface area contributed by atoms with E-state index >= 15 is 0 Å². The van der Waals surface area contributed by atoms with Gasteiger partial charge in [0.25, 0.3) is 5.91 Å². The van der Waals surface area contributed by atoms with Crippen LogP contribution in [-0.4, -0.2) is 47.5 Å². The number of hydrogen-bond acceptors (Lipinski definition) is 4. The van der Waals surface area contributed by atoms with E-state index in [0.29, 0.717) is 56.0 Å². The van der Waals surface area contributed by atoms with Crippen LogP contribution in [0.5, 0.6) is 0 Å². The second-order valence-electron chi connectivity index (χ2n) is 7.71. The van der Waals surface area contributed by atoms with Gasteiger partial charge in [-0.1, -0.05) is 18.2 Å². The molecule has 3 aromatic rings. The quantitative estimate of drug-likeness (QED) is 0.675. The summed E-state index contributed by atoms with van der Waals surface area (Å²) < 4.78 is 33.4. The van der Waals surface area contributed by atoms with Crippen LogP contribution in [0.4, 0.5) is 4.39 Å². The Hall–Kier alpha value is -2.64. The molecule has 2 aliphatic rings. The van der Waals surface area contributed by atoms with Gasteiger partial charge in [-0.25, -0.2) is 4.39 Å². The van der Waals surface area contributed by atoms with E-state index in [2.05, 4.69) is 0 Å². The predicted molar refractivity (Wildman–Crippen MR) is 104 cm³/mol. The average Bonchev–Trinajstić information content (AvgIpc) is 3.40. The van der Waals surface area contributed by atoms with Crippen LogP contribution in [0.1, 0.15) is 34.7 Å². The number of fused-ring (bicyclic) bond motifs is 1. The number of aromatic nitrogens is 1. The summed E-state index contributed by atoms with van der Waals surface area (Å²) >= 11 is 0. The van der Waals surface area contributed by atoms with E-state index in [-0.39, 0.29) is 18.3 Å². The predicted octanol–water partition coefficient (Wildman–Crippen LogP) is 3.71. The van der Waals surface area contributed by atoms with Crippen LogP contribution in [0.2, 0.25) is 0 Å². The van der Waals surface area contributed by atoms with E-state index < -0.39 is 5.79 Å². The van der Waals surface area contributed by atoms with Crippen LogP contribution in [0.25, 0.3) is 11.1 Å². The largest absolute Gasteiger partial charge is 0.460 e. The zero-order valence-electron chi connectivity index (χ0n) is 16.3. The number of aryl methyl sites for hydroxylation is 1. The molecule has 1 spiro atoms. The molecule has 2 aliphatic heterocycles. The zero-order valence-corrected chi connectivity index (χ0v) is 16.3. The molecule has 1 amide bonds. The minimum atomic E-state index is -0.531. The summed E-state index contributed by atoms with van der Waals surface area (Å²) in [5, 5.41) is 0. The van der Waals surface area contributed by atoms with Crippen molar-refractivity contribution in [1.82, 2.24) is 9.47 Å². The molecule has 2 aromatic heterocycles. The second-order valence-corrected chi connectivity index (χ2v) is 7.71. The van der Waals surface area contributed by atoms with Crippen LogP contribution >= 0.6 is 0 Å². The van der Waals surface area contributed by atoms with Crippen molar-refractivity contribution in [3.63, 3.8) is 0 Å². The number of benzene rings is 1. The van der Waals surface area contributed by atoms with E-state index in [1.807, 2.05) is 22.5 Å². The van der Waals surface area contributed by atoms with Gasteiger partial charge in [0.05, 0.1) is 25.3 Å². The van der Waals surface area contributed by atoms with E-state index in [1.54, 1.807) is 24.3 Å². The molecule has 2 fully saturated rings. The maximum Gasteiger partial charge on any atom is 0.270 e. The van der Waals surface area contributed by atoms with Crippen LogP contribution in [0.3, 0.4) is 0 Å². The molecule has 0 bridgehead atoms. The van der Waals surface area contributed by atoms with Gasteiger partial charge >= 0.3 is 0 Å². The number of piperidine rings is 1. The monoisotopic (exact) mass is 398 g/mol. The van der Waals surface area contributed by atoms with Crippen molar-refractivity contribution in [2.75, 3.05) is 26.3 Å². The molecule has 1 aromatic carbocycles. The summed E-state index contributed by atoms with van der Waals surface area (Å²) in [7, 11) is 0.